The first-order chi connectivity index (χ1) is 17.0. The van der Waals surface area contributed by atoms with Crippen LogP contribution in [0.3, 0.4) is 0 Å². The lowest BCUT2D eigenvalue weighted by molar-refractivity contribution is 0.0697. The second-order valence-electron chi connectivity index (χ2n) is 8.63. The lowest BCUT2D eigenvalue weighted by Crippen LogP contribution is -2.05. The summed E-state index contributed by atoms with van der Waals surface area (Å²) in [5.41, 5.74) is 7.29. The Balaban J connectivity index is 1.49. The van der Waals surface area contributed by atoms with Gasteiger partial charge in [-0.3, -0.25) is 0 Å². The highest BCUT2D eigenvalue weighted by Crippen LogP contribution is 2.29. The summed E-state index contributed by atoms with van der Waals surface area (Å²) in [6.07, 6.45) is 1.90. The largest absolute Gasteiger partial charge is 0.478 e. The minimum absolute atomic E-state index is 0.307. The van der Waals surface area contributed by atoms with Crippen molar-refractivity contribution in [3.8, 4) is 22.3 Å². The summed E-state index contributed by atoms with van der Waals surface area (Å²) < 4.78 is 2.28. The van der Waals surface area contributed by atoms with Gasteiger partial charge in [-0.2, -0.15) is 0 Å². The van der Waals surface area contributed by atoms with Gasteiger partial charge in [-0.15, -0.1) is 0 Å². The number of hydrogen-bond acceptors (Lipinski definition) is 2. The van der Waals surface area contributed by atoms with E-state index in [4.69, 9.17) is 16.6 Å². The molecule has 0 aliphatic carbocycles. The first-order valence-electron chi connectivity index (χ1n) is 11.7. The van der Waals surface area contributed by atoms with Gasteiger partial charge in [0.05, 0.1) is 16.6 Å². The maximum Gasteiger partial charge on any atom is 0.336 e. The monoisotopic (exact) mass is 480 g/mol. The summed E-state index contributed by atoms with van der Waals surface area (Å²) >= 11 is 6.20. The van der Waals surface area contributed by atoms with E-state index in [1.165, 1.54) is 0 Å². The molecule has 5 rings (SSSR count). The third-order valence-corrected chi connectivity index (χ3v) is 6.46. The first kappa shape index (κ1) is 22.9. The zero-order chi connectivity index (χ0) is 24.4. The van der Waals surface area contributed by atoms with Gasteiger partial charge in [-0.1, -0.05) is 79.2 Å². The molecule has 35 heavy (non-hydrogen) atoms. The van der Waals surface area contributed by atoms with Crippen LogP contribution in [0, 0.1) is 0 Å². The van der Waals surface area contributed by atoms with Gasteiger partial charge in [0, 0.05) is 18.0 Å². The first-order valence-corrected chi connectivity index (χ1v) is 12.1. The summed E-state index contributed by atoms with van der Waals surface area (Å²) in [6, 6.07) is 29.5. The lowest BCUT2D eigenvalue weighted by Gasteiger charge is -2.11. The molecule has 1 heterocycles. The molecular weight excluding hydrogens is 456 g/mol. The van der Waals surface area contributed by atoms with Crippen molar-refractivity contribution in [2.45, 2.75) is 26.3 Å². The number of nitrogens with zero attached hydrogens (tertiary/aromatic N) is 2. The van der Waals surface area contributed by atoms with Crippen LogP contribution in [-0.4, -0.2) is 20.6 Å². The smallest absolute Gasteiger partial charge is 0.336 e. The number of fused-ring (bicyclic) bond motifs is 1. The van der Waals surface area contributed by atoms with Gasteiger partial charge in [0.1, 0.15) is 5.82 Å². The lowest BCUT2D eigenvalue weighted by atomic mass is 9.98. The van der Waals surface area contributed by atoms with Crippen LogP contribution >= 0.6 is 11.6 Å². The average molecular weight is 481 g/mol. The number of imidazole rings is 1. The van der Waals surface area contributed by atoms with Crippen LogP contribution in [0.4, 0.5) is 0 Å². The van der Waals surface area contributed by atoms with Crippen molar-refractivity contribution in [2.75, 3.05) is 0 Å². The molecular formula is C30H25ClN2O2. The number of hydrogen-bond donors (Lipinski definition) is 1. The van der Waals surface area contributed by atoms with Crippen LogP contribution in [-0.2, 0) is 13.0 Å². The number of carboxylic acid groups (broad SMARTS) is 1. The molecule has 0 radical (unpaired) electrons. The van der Waals surface area contributed by atoms with Crippen LogP contribution in [0.1, 0.15) is 35.1 Å². The molecule has 0 amide bonds. The molecule has 0 aliphatic heterocycles. The second kappa shape index (κ2) is 9.77. The minimum atomic E-state index is -0.920. The fraction of sp³-hybridized carbons (Fsp3) is 0.133. The zero-order valence-electron chi connectivity index (χ0n) is 19.4. The molecule has 4 aromatic carbocycles. The highest BCUT2D eigenvalue weighted by Gasteiger charge is 2.14. The molecule has 0 spiro atoms. The topological polar surface area (TPSA) is 55.1 Å². The normalized spacial score (nSPS) is 11.1. The predicted octanol–water partition coefficient (Wildman–Crippen LogP) is 7.72. The summed E-state index contributed by atoms with van der Waals surface area (Å²) in [4.78, 5) is 16.6. The Kier molecular flexibility index (Phi) is 6.39. The molecule has 0 unspecified atom stereocenters. The summed E-state index contributed by atoms with van der Waals surface area (Å²) in [5.74, 6) is 0.141. The van der Waals surface area contributed by atoms with Crippen LogP contribution in [0.2, 0.25) is 5.02 Å². The second-order valence-corrected chi connectivity index (χ2v) is 9.06. The van der Waals surface area contributed by atoms with E-state index in [2.05, 4.69) is 47.9 Å². The molecule has 0 saturated carbocycles. The SMILES string of the molecule is CCCc1nc2cc(-c3cccc(Cl)c3)ccc2n1Cc1ccc(-c2ccccc2C(=O)O)cc1. The van der Waals surface area contributed by atoms with Crippen LogP contribution in [0.5, 0.6) is 0 Å². The molecule has 0 fully saturated rings. The number of carboxylic acids is 1. The van der Waals surface area contributed by atoms with Gasteiger partial charge >= 0.3 is 5.97 Å². The Morgan fingerprint density at radius 3 is 2.37 bits per heavy atom. The van der Waals surface area contributed by atoms with Gasteiger partial charge in [0.2, 0.25) is 0 Å². The standard InChI is InChI=1S/C30H25ClN2O2/c1-2-6-29-32-27-18-23(22-7-5-8-24(31)17-22)15-16-28(27)33(29)19-20-11-13-21(14-12-20)25-9-3-4-10-26(25)30(34)35/h3-5,7-18H,2,6,19H2,1H3,(H,34,35). The molecule has 4 nitrogen and oxygen atoms in total. The van der Waals surface area contributed by atoms with E-state index in [0.717, 1.165) is 57.5 Å². The van der Waals surface area contributed by atoms with Crippen LogP contribution in [0.15, 0.2) is 91.0 Å². The van der Waals surface area contributed by atoms with Crippen molar-refractivity contribution in [3.63, 3.8) is 0 Å². The number of aromatic carboxylic acids is 1. The summed E-state index contributed by atoms with van der Waals surface area (Å²) in [7, 11) is 0. The molecule has 0 aliphatic rings. The van der Waals surface area contributed by atoms with Crippen molar-refractivity contribution in [2.24, 2.45) is 0 Å². The Morgan fingerprint density at radius 1 is 0.886 bits per heavy atom. The van der Waals surface area contributed by atoms with Crippen molar-refractivity contribution < 1.29 is 9.90 Å². The number of halogens is 1. The molecule has 1 N–H and O–H groups in total. The average Bonchev–Trinajstić information content (AvgIpc) is 3.21. The molecule has 0 saturated heterocycles. The molecule has 5 heteroatoms. The van der Waals surface area contributed by atoms with E-state index < -0.39 is 5.97 Å². The van der Waals surface area contributed by atoms with E-state index in [1.54, 1.807) is 12.1 Å². The highest BCUT2D eigenvalue weighted by atomic mass is 35.5. The van der Waals surface area contributed by atoms with E-state index in [0.29, 0.717) is 17.1 Å². The number of aromatic nitrogens is 2. The minimum Gasteiger partial charge on any atom is -0.478 e. The number of carbonyl (C=O) groups is 1. The maximum atomic E-state index is 11.6. The van der Waals surface area contributed by atoms with Crippen molar-refractivity contribution in [1.29, 1.82) is 0 Å². The van der Waals surface area contributed by atoms with Crippen molar-refractivity contribution >= 4 is 28.6 Å². The van der Waals surface area contributed by atoms with Gasteiger partial charge in [-0.05, 0) is 64.6 Å². The Hall–Kier alpha value is -3.89. The quantitative estimate of drug-likeness (QED) is 0.259. The Morgan fingerprint density at radius 2 is 1.63 bits per heavy atom. The third-order valence-electron chi connectivity index (χ3n) is 6.22. The van der Waals surface area contributed by atoms with Crippen LogP contribution < -0.4 is 0 Å². The van der Waals surface area contributed by atoms with Crippen molar-refractivity contribution in [3.05, 3.63) is 113 Å². The summed E-state index contributed by atoms with van der Waals surface area (Å²) in [6.45, 7) is 2.86. The molecule has 0 atom stereocenters. The molecule has 5 aromatic rings. The number of rotatable bonds is 7. The number of aryl methyl sites for hydroxylation is 1. The zero-order valence-corrected chi connectivity index (χ0v) is 20.2. The fourth-order valence-corrected chi connectivity index (χ4v) is 4.70. The highest BCUT2D eigenvalue weighted by molar-refractivity contribution is 6.30. The van der Waals surface area contributed by atoms with Gasteiger partial charge in [0.25, 0.3) is 0 Å². The molecule has 1 aromatic heterocycles. The maximum absolute atomic E-state index is 11.6. The summed E-state index contributed by atoms with van der Waals surface area (Å²) in [5, 5.41) is 10.2. The van der Waals surface area contributed by atoms with E-state index in [1.807, 2.05) is 42.5 Å². The Labute approximate surface area is 209 Å². The van der Waals surface area contributed by atoms with Crippen molar-refractivity contribution in [1.82, 2.24) is 9.55 Å². The molecule has 0 bridgehead atoms. The van der Waals surface area contributed by atoms with E-state index >= 15 is 0 Å². The molecule has 174 valence electrons. The van der Waals surface area contributed by atoms with Gasteiger partial charge in [0.15, 0.2) is 0 Å². The predicted molar refractivity (Wildman–Crippen MR) is 142 cm³/mol. The van der Waals surface area contributed by atoms with Crippen LogP contribution in [0.25, 0.3) is 33.3 Å². The van der Waals surface area contributed by atoms with E-state index in [9.17, 15) is 9.90 Å². The van der Waals surface area contributed by atoms with E-state index in [-0.39, 0.29) is 0 Å². The van der Waals surface area contributed by atoms with Gasteiger partial charge in [-0.25, -0.2) is 9.78 Å². The fourth-order valence-electron chi connectivity index (χ4n) is 4.51. The third kappa shape index (κ3) is 4.71. The van der Waals surface area contributed by atoms with Gasteiger partial charge < -0.3 is 9.67 Å². The Bertz CT molecular complexity index is 1520. The number of benzene rings is 4.